The van der Waals surface area contributed by atoms with E-state index >= 15 is 0 Å². The Balaban J connectivity index is 1.16. The van der Waals surface area contributed by atoms with Crippen molar-refractivity contribution in [3.63, 3.8) is 0 Å². The molecule has 1 saturated heterocycles. The van der Waals surface area contributed by atoms with Crippen LogP contribution in [0.3, 0.4) is 0 Å². The molecule has 4 atom stereocenters. The number of benzene rings is 2. The van der Waals surface area contributed by atoms with Crippen molar-refractivity contribution in [2.45, 2.75) is 37.8 Å². The van der Waals surface area contributed by atoms with Crippen molar-refractivity contribution in [2.75, 3.05) is 25.0 Å². The summed E-state index contributed by atoms with van der Waals surface area (Å²) in [6, 6.07) is 15.6. The zero-order valence-electron chi connectivity index (χ0n) is 18.0. The molecule has 0 aliphatic carbocycles. The Bertz CT molecular complexity index is 980. The summed E-state index contributed by atoms with van der Waals surface area (Å²) in [5.74, 6) is 0.447. The lowest BCUT2D eigenvalue weighted by atomic mass is 9.97. The van der Waals surface area contributed by atoms with Crippen molar-refractivity contribution in [2.24, 2.45) is 10.9 Å². The number of nitrogens with one attached hydrogen (secondary N) is 5. The van der Waals surface area contributed by atoms with Crippen LogP contribution in [-0.2, 0) is 11.3 Å². The number of amides is 1. The Labute approximate surface area is 188 Å². The van der Waals surface area contributed by atoms with E-state index in [1.54, 1.807) is 0 Å². The molecule has 2 aromatic carbocycles. The van der Waals surface area contributed by atoms with E-state index in [2.05, 4.69) is 37.9 Å². The molecule has 8 nitrogen and oxygen atoms in total. The lowest BCUT2D eigenvalue weighted by Gasteiger charge is -2.26. The lowest BCUT2D eigenvalue weighted by molar-refractivity contribution is 0.0708. The molecule has 0 bridgehead atoms. The topological polar surface area (TPSA) is 98.8 Å². The molecular weight excluding hydrogens is 404 g/mol. The standard InChI is InChI=1S/C24H30N6O2/c31-24(27-21-15-32-14-18-4-1-2-7-20(18)21)17-5-3-6-19(12-17)26-13-22-28-23(30-29-22)16-8-10-25-11-9-16/h1-7,10,12,16,21-23,26,28-30H,8-9,11,13-15H2,(H,27,31)/t16?,21-,22?,23?/m1/s1. The molecule has 3 aliphatic heterocycles. The minimum Gasteiger partial charge on any atom is -0.382 e. The Kier molecular flexibility index (Phi) is 6.45. The van der Waals surface area contributed by atoms with Crippen LogP contribution in [-0.4, -0.2) is 44.1 Å². The highest BCUT2D eigenvalue weighted by atomic mass is 16.5. The van der Waals surface area contributed by atoms with Crippen molar-refractivity contribution in [1.29, 1.82) is 0 Å². The van der Waals surface area contributed by atoms with E-state index in [1.165, 1.54) is 0 Å². The molecule has 0 spiro atoms. The molecule has 1 amide bonds. The second-order valence-corrected chi connectivity index (χ2v) is 8.56. The van der Waals surface area contributed by atoms with Crippen molar-refractivity contribution in [3.8, 4) is 0 Å². The zero-order chi connectivity index (χ0) is 21.8. The van der Waals surface area contributed by atoms with Crippen LogP contribution in [0.4, 0.5) is 5.69 Å². The molecule has 0 radical (unpaired) electrons. The summed E-state index contributed by atoms with van der Waals surface area (Å²) in [6.07, 6.45) is 4.47. The van der Waals surface area contributed by atoms with Gasteiger partial charge in [-0.05, 0) is 54.3 Å². The number of hydrazine groups is 1. The molecular formula is C24H30N6O2. The van der Waals surface area contributed by atoms with Crippen LogP contribution in [0.1, 0.15) is 40.4 Å². The summed E-state index contributed by atoms with van der Waals surface area (Å²) >= 11 is 0. The lowest BCUT2D eigenvalue weighted by Crippen LogP contribution is -2.43. The van der Waals surface area contributed by atoms with Crippen LogP contribution in [0.25, 0.3) is 0 Å². The molecule has 1 fully saturated rings. The highest BCUT2D eigenvalue weighted by Crippen LogP contribution is 2.25. The number of hydrogen-bond acceptors (Lipinski definition) is 7. The molecule has 5 N–H and O–H groups in total. The van der Waals surface area contributed by atoms with E-state index in [-0.39, 0.29) is 24.3 Å². The number of ether oxygens (including phenoxy) is 1. The van der Waals surface area contributed by atoms with Gasteiger partial charge in [0.1, 0.15) is 0 Å². The van der Waals surface area contributed by atoms with E-state index in [4.69, 9.17) is 4.74 Å². The van der Waals surface area contributed by atoms with Crippen molar-refractivity contribution in [1.82, 2.24) is 21.5 Å². The van der Waals surface area contributed by atoms with Crippen LogP contribution in [0.5, 0.6) is 0 Å². The second kappa shape index (κ2) is 9.79. The van der Waals surface area contributed by atoms with Gasteiger partial charge in [0.25, 0.3) is 5.91 Å². The van der Waals surface area contributed by atoms with E-state index in [9.17, 15) is 4.79 Å². The monoisotopic (exact) mass is 434 g/mol. The largest absolute Gasteiger partial charge is 0.382 e. The van der Waals surface area contributed by atoms with Crippen LogP contribution >= 0.6 is 0 Å². The van der Waals surface area contributed by atoms with E-state index in [0.717, 1.165) is 36.2 Å². The number of carbonyl (C=O) groups excluding carboxylic acids is 1. The predicted octanol–water partition coefficient (Wildman–Crippen LogP) is 1.93. The van der Waals surface area contributed by atoms with Crippen molar-refractivity contribution in [3.05, 3.63) is 65.2 Å². The van der Waals surface area contributed by atoms with Crippen LogP contribution < -0.4 is 26.8 Å². The summed E-state index contributed by atoms with van der Waals surface area (Å²) in [5, 5.41) is 10.1. The van der Waals surface area contributed by atoms with Gasteiger partial charge in [-0.15, -0.1) is 0 Å². The Morgan fingerprint density at radius 2 is 2.09 bits per heavy atom. The molecule has 0 aromatic heterocycles. The normalized spacial score (nSPS) is 27.0. The first-order valence-corrected chi connectivity index (χ1v) is 11.3. The molecule has 3 heterocycles. The first-order valence-electron chi connectivity index (χ1n) is 11.3. The summed E-state index contributed by atoms with van der Waals surface area (Å²) < 4.78 is 5.66. The Morgan fingerprint density at radius 3 is 3.00 bits per heavy atom. The number of carbonyl (C=O) groups is 1. The summed E-state index contributed by atoms with van der Waals surface area (Å²) in [4.78, 5) is 17.2. The van der Waals surface area contributed by atoms with Crippen LogP contribution in [0, 0.1) is 5.92 Å². The molecule has 168 valence electrons. The van der Waals surface area contributed by atoms with Crippen molar-refractivity contribution >= 4 is 17.8 Å². The average Bonchev–Trinajstić information content (AvgIpc) is 3.33. The molecule has 5 rings (SSSR count). The highest BCUT2D eigenvalue weighted by Gasteiger charge is 2.29. The first-order chi connectivity index (χ1) is 15.8. The minimum atomic E-state index is -0.135. The van der Waals surface area contributed by atoms with Gasteiger partial charge in [0, 0.05) is 24.3 Å². The van der Waals surface area contributed by atoms with Crippen molar-refractivity contribution < 1.29 is 9.53 Å². The third kappa shape index (κ3) is 4.83. The van der Waals surface area contributed by atoms with Gasteiger partial charge in [-0.25, -0.2) is 10.9 Å². The van der Waals surface area contributed by atoms with E-state index in [1.807, 2.05) is 48.7 Å². The predicted molar refractivity (Wildman–Crippen MR) is 124 cm³/mol. The first kappa shape index (κ1) is 21.1. The summed E-state index contributed by atoms with van der Waals surface area (Å²) in [7, 11) is 0. The molecule has 8 heteroatoms. The summed E-state index contributed by atoms with van der Waals surface area (Å²) in [6.45, 7) is 2.68. The fraction of sp³-hybridized carbons (Fsp3) is 0.417. The van der Waals surface area contributed by atoms with Crippen LogP contribution in [0.2, 0.25) is 0 Å². The number of aliphatic imine (C=N–C) groups is 1. The molecule has 3 unspecified atom stereocenters. The smallest absolute Gasteiger partial charge is 0.251 e. The molecule has 2 aromatic rings. The number of anilines is 1. The maximum absolute atomic E-state index is 12.9. The quantitative estimate of drug-likeness (QED) is 0.477. The summed E-state index contributed by atoms with van der Waals surface area (Å²) in [5.41, 5.74) is 10.5. The Hall–Kier alpha value is -2.78. The van der Waals surface area contributed by atoms with Gasteiger partial charge in [0.05, 0.1) is 31.6 Å². The SMILES string of the molecule is O=C(N[C@@H]1COCc2ccccc21)c1cccc(NCC2NNC(C3CC=NCC3)N2)c1. The van der Waals surface area contributed by atoms with Gasteiger partial charge in [-0.1, -0.05) is 30.3 Å². The number of hydrogen-bond donors (Lipinski definition) is 5. The van der Waals surface area contributed by atoms with Gasteiger partial charge >= 0.3 is 0 Å². The van der Waals surface area contributed by atoms with E-state index < -0.39 is 0 Å². The third-order valence-electron chi connectivity index (χ3n) is 6.34. The van der Waals surface area contributed by atoms with Gasteiger partial charge in [0.2, 0.25) is 0 Å². The maximum Gasteiger partial charge on any atom is 0.251 e. The zero-order valence-corrected chi connectivity index (χ0v) is 18.0. The van der Waals surface area contributed by atoms with Gasteiger partial charge < -0.3 is 15.4 Å². The van der Waals surface area contributed by atoms with Gasteiger partial charge in [-0.3, -0.25) is 15.1 Å². The molecule has 0 saturated carbocycles. The second-order valence-electron chi connectivity index (χ2n) is 8.56. The fourth-order valence-corrected chi connectivity index (χ4v) is 4.55. The van der Waals surface area contributed by atoms with E-state index in [0.29, 0.717) is 31.2 Å². The highest BCUT2D eigenvalue weighted by molar-refractivity contribution is 5.95. The van der Waals surface area contributed by atoms with Gasteiger partial charge in [-0.2, -0.15) is 0 Å². The van der Waals surface area contributed by atoms with Gasteiger partial charge in [0.15, 0.2) is 0 Å². The molecule has 32 heavy (non-hydrogen) atoms. The average molecular weight is 435 g/mol. The molecule has 3 aliphatic rings. The fourth-order valence-electron chi connectivity index (χ4n) is 4.55. The van der Waals surface area contributed by atoms with Crippen LogP contribution in [0.15, 0.2) is 53.5 Å². The Morgan fingerprint density at radius 1 is 1.16 bits per heavy atom. The number of fused-ring (bicyclic) bond motifs is 1. The maximum atomic E-state index is 12.9. The third-order valence-corrected chi connectivity index (χ3v) is 6.34. The minimum absolute atomic E-state index is 0.100. The number of nitrogens with zero attached hydrogens (tertiary/aromatic N) is 1. The number of rotatable bonds is 6.